The number of nitro groups is 1. The fourth-order valence-electron chi connectivity index (χ4n) is 2.83. The minimum absolute atomic E-state index is 0.0161. The fourth-order valence-corrected chi connectivity index (χ4v) is 4.11. The Hall–Kier alpha value is -2.89. The topological polar surface area (TPSA) is 103 Å². The van der Waals surface area contributed by atoms with E-state index in [1.165, 1.54) is 30.5 Å². The number of nitrogens with zero attached hydrogens (tertiary/aromatic N) is 2. The van der Waals surface area contributed by atoms with Crippen molar-refractivity contribution in [3.8, 4) is 11.5 Å². The molecular weight excluding hydrogens is 596 g/mol. The molecular formula is C23H18Cl2IN3O5. The number of ether oxygens (including phenoxy) is 2. The highest BCUT2D eigenvalue weighted by Crippen LogP contribution is 2.34. The van der Waals surface area contributed by atoms with Crippen molar-refractivity contribution in [3.05, 3.63) is 95.0 Å². The van der Waals surface area contributed by atoms with E-state index in [-0.39, 0.29) is 22.9 Å². The average molecular weight is 614 g/mol. The van der Waals surface area contributed by atoms with Crippen LogP contribution >= 0.6 is 45.8 Å². The second-order valence-electron chi connectivity index (χ2n) is 6.80. The third-order valence-electron chi connectivity index (χ3n) is 4.42. The summed E-state index contributed by atoms with van der Waals surface area (Å²) >= 11 is 14.0. The molecule has 0 bridgehead atoms. The number of hydrogen-bond acceptors (Lipinski definition) is 6. The summed E-state index contributed by atoms with van der Waals surface area (Å²) in [6.45, 7) is 2.47. The number of carbonyl (C=O) groups excluding carboxylic acids is 1. The number of nitro benzene ring substituents is 1. The van der Waals surface area contributed by atoms with E-state index in [1.54, 1.807) is 24.3 Å². The lowest BCUT2D eigenvalue weighted by Gasteiger charge is -2.14. The second-order valence-corrected chi connectivity index (χ2v) is 8.80. The number of rotatable bonds is 9. The Labute approximate surface area is 219 Å². The zero-order valence-corrected chi connectivity index (χ0v) is 21.4. The first-order valence-electron chi connectivity index (χ1n) is 9.89. The summed E-state index contributed by atoms with van der Waals surface area (Å²) in [5.41, 5.74) is 4.16. The molecule has 1 amide bonds. The average Bonchev–Trinajstić information content (AvgIpc) is 2.79. The molecule has 11 heteroatoms. The SMILES string of the molecule is CCOc1cc(/C=N/NC(=O)c2ccc(Cl)cc2Cl)cc(I)c1OCc1ccc([N+](=O)[O-])cc1. The van der Waals surface area contributed by atoms with E-state index in [1.807, 2.05) is 13.0 Å². The van der Waals surface area contributed by atoms with E-state index in [0.29, 0.717) is 28.7 Å². The van der Waals surface area contributed by atoms with Gasteiger partial charge in [0.1, 0.15) is 6.61 Å². The molecule has 0 saturated carbocycles. The van der Waals surface area contributed by atoms with Gasteiger partial charge in [-0.2, -0.15) is 5.10 Å². The molecule has 3 aromatic rings. The Morgan fingerprint density at radius 3 is 2.53 bits per heavy atom. The van der Waals surface area contributed by atoms with Crippen molar-refractivity contribution in [1.82, 2.24) is 5.43 Å². The van der Waals surface area contributed by atoms with Crippen molar-refractivity contribution in [3.63, 3.8) is 0 Å². The molecule has 0 atom stereocenters. The van der Waals surface area contributed by atoms with Gasteiger partial charge >= 0.3 is 0 Å². The Morgan fingerprint density at radius 1 is 1.15 bits per heavy atom. The predicted molar refractivity (Wildman–Crippen MR) is 139 cm³/mol. The third-order valence-corrected chi connectivity index (χ3v) is 5.77. The minimum atomic E-state index is -0.472. The summed E-state index contributed by atoms with van der Waals surface area (Å²) in [5, 5.41) is 15.5. The van der Waals surface area contributed by atoms with Gasteiger partial charge < -0.3 is 9.47 Å². The van der Waals surface area contributed by atoms with Crippen LogP contribution in [0.5, 0.6) is 11.5 Å². The summed E-state index contributed by atoms with van der Waals surface area (Å²) in [5.74, 6) is 0.570. The summed E-state index contributed by atoms with van der Waals surface area (Å²) < 4.78 is 12.4. The lowest BCUT2D eigenvalue weighted by atomic mass is 10.2. The largest absolute Gasteiger partial charge is 0.490 e. The van der Waals surface area contributed by atoms with E-state index >= 15 is 0 Å². The first-order chi connectivity index (χ1) is 16.3. The monoisotopic (exact) mass is 613 g/mol. The Kier molecular flexibility index (Phi) is 9.08. The molecule has 0 aromatic heterocycles. The summed E-state index contributed by atoms with van der Waals surface area (Å²) in [6, 6.07) is 14.3. The standard InChI is InChI=1S/C23H18Cl2IN3O5/c1-2-33-21-10-15(12-27-28-23(30)18-8-5-16(24)11-19(18)25)9-20(26)22(21)34-13-14-3-6-17(7-4-14)29(31)32/h3-12H,2,13H2,1H3,(H,28,30)/b27-12+. The van der Waals surface area contributed by atoms with Gasteiger partial charge in [-0.15, -0.1) is 0 Å². The number of benzene rings is 3. The molecule has 0 aliphatic heterocycles. The molecule has 0 heterocycles. The van der Waals surface area contributed by atoms with E-state index in [4.69, 9.17) is 32.7 Å². The molecule has 0 spiro atoms. The van der Waals surface area contributed by atoms with Gasteiger partial charge in [-0.3, -0.25) is 14.9 Å². The number of amides is 1. The summed E-state index contributed by atoms with van der Waals surface area (Å²) in [6.07, 6.45) is 1.48. The molecule has 176 valence electrons. The van der Waals surface area contributed by atoms with E-state index < -0.39 is 10.8 Å². The lowest BCUT2D eigenvalue weighted by Crippen LogP contribution is -2.18. The normalized spacial score (nSPS) is 10.8. The fraction of sp³-hybridized carbons (Fsp3) is 0.130. The molecule has 0 fully saturated rings. The summed E-state index contributed by atoms with van der Waals surface area (Å²) in [7, 11) is 0. The molecule has 0 saturated heterocycles. The van der Waals surface area contributed by atoms with Crippen LogP contribution in [0.1, 0.15) is 28.4 Å². The van der Waals surface area contributed by atoms with Crippen LogP contribution in [-0.2, 0) is 6.61 Å². The Bertz CT molecular complexity index is 1240. The smallest absolute Gasteiger partial charge is 0.272 e. The van der Waals surface area contributed by atoms with Gasteiger partial charge in [0.05, 0.1) is 31.9 Å². The molecule has 0 aliphatic carbocycles. The molecule has 8 nitrogen and oxygen atoms in total. The van der Waals surface area contributed by atoms with E-state index in [9.17, 15) is 14.9 Å². The number of hydrazone groups is 1. The third kappa shape index (κ3) is 6.81. The highest BCUT2D eigenvalue weighted by atomic mass is 127. The van der Waals surface area contributed by atoms with Crippen LogP contribution < -0.4 is 14.9 Å². The first kappa shape index (κ1) is 25.7. The lowest BCUT2D eigenvalue weighted by molar-refractivity contribution is -0.384. The quantitative estimate of drug-likeness (QED) is 0.133. The van der Waals surface area contributed by atoms with Crippen molar-refractivity contribution in [1.29, 1.82) is 0 Å². The van der Waals surface area contributed by atoms with Crippen LogP contribution in [-0.4, -0.2) is 23.7 Å². The van der Waals surface area contributed by atoms with Crippen molar-refractivity contribution in [2.45, 2.75) is 13.5 Å². The van der Waals surface area contributed by atoms with Crippen LogP contribution in [0, 0.1) is 13.7 Å². The Balaban J connectivity index is 1.72. The van der Waals surface area contributed by atoms with Crippen molar-refractivity contribution in [2.75, 3.05) is 6.61 Å². The van der Waals surface area contributed by atoms with Gasteiger partial charge in [-0.05, 0) is 83.1 Å². The van der Waals surface area contributed by atoms with Gasteiger partial charge in [-0.25, -0.2) is 5.43 Å². The minimum Gasteiger partial charge on any atom is -0.490 e. The van der Waals surface area contributed by atoms with Crippen molar-refractivity contribution >= 4 is 63.6 Å². The maximum atomic E-state index is 12.3. The predicted octanol–water partition coefficient (Wildman–Crippen LogP) is 6.25. The molecule has 3 rings (SSSR count). The highest BCUT2D eigenvalue weighted by molar-refractivity contribution is 14.1. The zero-order valence-electron chi connectivity index (χ0n) is 17.8. The number of non-ortho nitro benzene ring substituents is 1. The second kappa shape index (κ2) is 12.0. The van der Waals surface area contributed by atoms with E-state index in [0.717, 1.165) is 9.13 Å². The maximum absolute atomic E-state index is 12.3. The zero-order chi connectivity index (χ0) is 24.7. The molecule has 1 N–H and O–H groups in total. The highest BCUT2D eigenvalue weighted by Gasteiger charge is 2.14. The maximum Gasteiger partial charge on any atom is 0.272 e. The number of carbonyl (C=O) groups is 1. The number of halogens is 3. The van der Waals surface area contributed by atoms with Gasteiger partial charge in [-0.1, -0.05) is 23.2 Å². The van der Waals surface area contributed by atoms with Crippen LogP contribution in [0.25, 0.3) is 0 Å². The molecule has 0 radical (unpaired) electrons. The molecule has 0 unspecified atom stereocenters. The van der Waals surface area contributed by atoms with Crippen LogP contribution in [0.15, 0.2) is 59.7 Å². The number of nitrogens with one attached hydrogen (secondary N) is 1. The summed E-state index contributed by atoms with van der Waals surface area (Å²) in [4.78, 5) is 22.7. The number of hydrogen-bond donors (Lipinski definition) is 1. The van der Waals surface area contributed by atoms with Gasteiger partial charge in [0, 0.05) is 17.2 Å². The van der Waals surface area contributed by atoms with Gasteiger partial charge in [0.15, 0.2) is 11.5 Å². The van der Waals surface area contributed by atoms with Gasteiger partial charge in [0.2, 0.25) is 0 Å². The van der Waals surface area contributed by atoms with Crippen molar-refractivity contribution in [2.24, 2.45) is 5.10 Å². The Morgan fingerprint density at radius 2 is 1.88 bits per heavy atom. The van der Waals surface area contributed by atoms with Crippen LogP contribution in [0.4, 0.5) is 5.69 Å². The van der Waals surface area contributed by atoms with E-state index in [2.05, 4.69) is 33.1 Å². The van der Waals surface area contributed by atoms with Crippen LogP contribution in [0.2, 0.25) is 10.0 Å². The molecule has 0 aliphatic rings. The molecule has 34 heavy (non-hydrogen) atoms. The van der Waals surface area contributed by atoms with Crippen molar-refractivity contribution < 1.29 is 19.2 Å². The van der Waals surface area contributed by atoms with Crippen LogP contribution in [0.3, 0.4) is 0 Å². The molecule has 3 aromatic carbocycles. The first-order valence-corrected chi connectivity index (χ1v) is 11.7. The van der Waals surface area contributed by atoms with Gasteiger partial charge in [0.25, 0.3) is 11.6 Å².